The molecule has 0 aromatic heterocycles. The van der Waals surface area contributed by atoms with Crippen molar-refractivity contribution in [2.24, 2.45) is 0 Å². The van der Waals surface area contributed by atoms with Crippen molar-refractivity contribution in [3.05, 3.63) is 33.6 Å². The molecule has 6 heteroatoms. The molecule has 0 spiro atoms. The van der Waals surface area contributed by atoms with Crippen LogP contribution >= 0.6 is 23.2 Å². The fourth-order valence-electron chi connectivity index (χ4n) is 1.60. The second-order valence-corrected chi connectivity index (χ2v) is 4.19. The monoisotopic (exact) mass is 263 g/mol. The number of amides is 1. The topological polar surface area (TPSA) is 38.3 Å². The lowest BCUT2D eigenvalue weighted by Crippen LogP contribution is -2.35. The van der Waals surface area contributed by atoms with Gasteiger partial charge < -0.3 is 10.1 Å². The zero-order chi connectivity index (χ0) is 11.7. The minimum absolute atomic E-state index is 0.0138. The molecule has 86 valence electrons. The third kappa shape index (κ3) is 2.08. The molecule has 1 aromatic carbocycles. The Bertz CT molecular complexity index is 439. The highest BCUT2D eigenvalue weighted by Gasteiger charge is 2.26. The van der Waals surface area contributed by atoms with E-state index in [0.29, 0.717) is 6.42 Å². The second kappa shape index (κ2) is 4.47. The Kier molecular flexibility index (Phi) is 3.21. The van der Waals surface area contributed by atoms with Crippen molar-refractivity contribution in [2.45, 2.75) is 12.5 Å². The van der Waals surface area contributed by atoms with Crippen molar-refractivity contribution < 1.29 is 13.9 Å². The quantitative estimate of drug-likeness (QED) is 0.790. The largest absolute Gasteiger partial charge is 0.449 e. The number of nitrogens with one attached hydrogen (secondary N) is 1. The van der Waals surface area contributed by atoms with E-state index in [1.165, 1.54) is 12.1 Å². The number of hydrogen-bond acceptors (Lipinski definition) is 2. The summed E-state index contributed by atoms with van der Waals surface area (Å²) in [7, 11) is 0. The first-order valence-corrected chi connectivity index (χ1v) is 5.42. The van der Waals surface area contributed by atoms with Crippen LogP contribution in [0.4, 0.5) is 9.18 Å². The molecule has 3 nitrogen and oxygen atoms in total. The maximum atomic E-state index is 13.8. The molecular weight excluding hydrogens is 256 g/mol. The van der Waals surface area contributed by atoms with Crippen LogP contribution in [0.3, 0.4) is 0 Å². The lowest BCUT2D eigenvalue weighted by molar-refractivity contribution is 0.115. The number of ether oxygens (including phenoxy) is 1. The van der Waals surface area contributed by atoms with Gasteiger partial charge in [0.05, 0.1) is 17.7 Å². The zero-order valence-electron chi connectivity index (χ0n) is 8.10. The Balaban J connectivity index is 2.39. The molecule has 1 saturated heterocycles. The number of rotatable bonds is 1. The molecule has 0 bridgehead atoms. The SMILES string of the molecule is O=C1N[C@H](c2c(Cl)ccc(Cl)c2F)CCO1. The van der Waals surface area contributed by atoms with Crippen LogP contribution in [0.5, 0.6) is 0 Å². The zero-order valence-corrected chi connectivity index (χ0v) is 9.61. The van der Waals surface area contributed by atoms with E-state index in [1.807, 2.05) is 0 Å². The number of carbonyl (C=O) groups is 1. The standard InChI is InChI=1S/C10H8Cl2FNO2/c11-5-1-2-6(12)9(13)8(5)7-3-4-16-10(15)14-7/h1-2,7H,3-4H2,(H,14,15)/t7-/m0/s1. The Hall–Kier alpha value is -1.00. The predicted molar refractivity (Wildman–Crippen MR) is 58.3 cm³/mol. The van der Waals surface area contributed by atoms with Crippen molar-refractivity contribution in [3.63, 3.8) is 0 Å². The summed E-state index contributed by atoms with van der Waals surface area (Å²) in [5, 5.41) is 2.73. The van der Waals surface area contributed by atoms with Gasteiger partial charge in [-0.15, -0.1) is 0 Å². The van der Waals surface area contributed by atoms with E-state index >= 15 is 0 Å². The van der Waals surface area contributed by atoms with Crippen LogP contribution in [0.25, 0.3) is 0 Å². The minimum atomic E-state index is -0.596. The van der Waals surface area contributed by atoms with Crippen molar-refractivity contribution in [2.75, 3.05) is 6.61 Å². The second-order valence-electron chi connectivity index (χ2n) is 3.38. The van der Waals surface area contributed by atoms with Crippen LogP contribution in [0, 0.1) is 5.82 Å². The molecule has 1 heterocycles. The molecule has 2 rings (SSSR count). The van der Waals surface area contributed by atoms with Gasteiger partial charge in [0.25, 0.3) is 0 Å². The molecule has 0 radical (unpaired) electrons. The van der Waals surface area contributed by atoms with Gasteiger partial charge in [0.1, 0.15) is 5.82 Å². The van der Waals surface area contributed by atoms with Crippen LogP contribution in [0.15, 0.2) is 12.1 Å². The first kappa shape index (κ1) is 11.5. The number of halogens is 3. The molecule has 16 heavy (non-hydrogen) atoms. The Labute approximate surface area is 101 Å². The molecule has 0 aliphatic carbocycles. The highest BCUT2D eigenvalue weighted by atomic mass is 35.5. The van der Waals surface area contributed by atoms with Gasteiger partial charge in [-0.3, -0.25) is 0 Å². The van der Waals surface area contributed by atoms with Crippen molar-refractivity contribution in [1.82, 2.24) is 5.32 Å². The van der Waals surface area contributed by atoms with E-state index in [1.54, 1.807) is 0 Å². The minimum Gasteiger partial charge on any atom is -0.449 e. The third-order valence-corrected chi connectivity index (χ3v) is 2.98. The van der Waals surface area contributed by atoms with E-state index in [9.17, 15) is 9.18 Å². The van der Waals surface area contributed by atoms with Gasteiger partial charge in [0.15, 0.2) is 0 Å². The Morgan fingerprint density at radius 1 is 1.38 bits per heavy atom. The number of alkyl carbamates (subject to hydrolysis) is 1. The summed E-state index contributed by atoms with van der Waals surface area (Å²) in [6.45, 7) is 0.235. The number of carbonyl (C=O) groups excluding carboxylic acids is 1. The predicted octanol–water partition coefficient (Wildman–Crippen LogP) is 3.30. The summed E-state index contributed by atoms with van der Waals surface area (Å²) in [5.41, 5.74) is 0.214. The smallest absolute Gasteiger partial charge is 0.407 e. The third-order valence-electron chi connectivity index (χ3n) is 2.36. The average molecular weight is 264 g/mol. The lowest BCUT2D eigenvalue weighted by Gasteiger charge is -2.24. The van der Waals surface area contributed by atoms with Gasteiger partial charge in [0, 0.05) is 17.0 Å². The van der Waals surface area contributed by atoms with Gasteiger partial charge in [-0.05, 0) is 12.1 Å². The molecule has 1 aromatic rings. The lowest BCUT2D eigenvalue weighted by atomic mass is 10.0. The molecular formula is C10H8Cl2FNO2. The highest BCUT2D eigenvalue weighted by molar-refractivity contribution is 6.33. The van der Waals surface area contributed by atoms with Crippen LogP contribution < -0.4 is 5.32 Å². The summed E-state index contributed by atoms with van der Waals surface area (Å²) < 4.78 is 18.5. The molecule has 1 N–H and O–H groups in total. The first-order chi connectivity index (χ1) is 7.59. The highest BCUT2D eigenvalue weighted by Crippen LogP contribution is 2.33. The number of cyclic esters (lactones) is 1. The maximum absolute atomic E-state index is 13.8. The summed E-state index contributed by atoms with van der Waals surface area (Å²) in [6, 6.07) is 2.39. The molecule has 0 unspecified atom stereocenters. The van der Waals surface area contributed by atoms with E-state index in [4.69, 9.17) is 27.9 Å². The van der Waals surface area contributed by atoms with Crippen molar-refractivity contribution >= 4 is 29.3 Å². The molecule has 1 amide bonds. The van der Waals surface area contributed by atoms with Crippen LogP contribution in [-0.4, -0.2) is 12.7 Å². The summed E-state index contributed by atoms with van der Waals surface area (Å²) >= 11 is 11.6. The molecule has 1 aliphatic rings. The Morgan fingerprint density at radius 2 is 2.06 bits per heavy atom. The molecule has 1 atom stereocenters. The average Bonchev–Trinajstić information content (AvgIpc) is 2.24. The Morgan fingerprint density at radius 3 is 2.75 bits per heavy atom. The maximum Gasteiger partial charge on any atom is 0.407 e. The summed E-state index contributed by atoms with van der Waals surface area (Å²) in [5.74, 6) is -0.596. The van der Waals surface area contributed by atoms with E-state index in [-0.39, 0.29) is 22.2 Å². The summed E-state index contributed by atoms with van der Waals surface area (Å²) in [4.78, 5) is 11.0. The molecule has 1 fully saturated rings. The fourth-order valence-corrected chi connectivity index (χ4v) is 2.05. The molecule has 0 saturated carbocycles. The summed E-state index contributed by atoms with van der Waals surface area (Å²) in [6.07, 6.45) is -0.116. The van der Waals surface area contributed by atoms with Crippen LogP contribution in [0.2, 0.25) is 10.0 Å². The normalized spacial score (nSPS) is 20.2. The van der Waals surface area contributed by atoms with E-state index < -0.39 is 18.0 Å². The van der Waals surface area contributed by atoms with Crippen molar-refractivity contribution in [3.8, 4) is 0 Å². The van der Waals surface area contributed by atoms with Crippen molar-refractivity contribution in [1.29, 1.82) is 0 Å². The van der Waals surface area contributed by atoms with E-state index in [2.05, 4.69) is 5.32 Å². The van der Waals surface area contributed by atoms with E-state index in [0.717, 1.165) is 0 Å². The number of benzene rings is 1. The van der Waals surface area contributed by atoms with Crippen LogP contribution in [-0.2, 0) is 4.74 Å². The molecule has 1 aliphatic heterocycles. The first-order valence-electron chi connectivity index (χ1n) is 4.66. The van der Waals surface area contributed by atoms with Gasteiger partial charge >= 0.3 is 6.09 Å². The number of hydrogen-bond donors (Lipinski definition) is 1. The van der Waals surface area contributed by atoms with Crippen LogP contribution in [0.1, 0.15) is 18.0 Å². The fraction of sp³-hybridized carbons (Fsp3) is 0.300. The van der Waals surface area contributed by atoms with Gasteiger partial charge in [-0.1, -0.05) is 23.2 Å². The van der Waals surface area contributed by atoms with Gasteiger partial charge in [-0.25, -0.2) is 9.18 Å². The van der Waals surface area contributed by atoms with Gasteiger partial charge in [-0.2, -0.15) is 0 Å². The van der Waals surface area contributed by atoms with Gasteiger partial charge in [0.2, 0.25) is 0 Å².